The summed E-state index contributed by atoms with van der Waals surface area (Å²) in [6.45, 7) is 6.30. The summed E-state index contributed by atoms with van der Waals surface area (Å²) < 4.78 is 5.31. The van der Waals surface area contributed by atoms with Crippen molar-refractivity contribution in [3.05, 3.63) is 23.2 Å². The van der Waals surface area contributed by atoms with Gasteiger partial charge in [-0.15, -0.1) is 0 Å². The molecule has 0 fully saturated rings. The number of rotatable bonds is 7. The van der Waals surface area contributed by atoms with Crippen LogP contribution in [0.2, 0.25) is 0 Å². The average molecular weight is 268 g/mol. The van der Waals surface area contributed by atoms with E-state index in [0.717, 1.165) is 6.42 Å². The zero-order valence-corrected chi connectivity index (χ0v) is 11.4. The van der Waals surface area contributed by atoms with Crippen LogP contribution in [0.1, 0.15) is 42.1 Å². The van der Waals surface area contributed by atoms with Crippen molar-refractivity contribution < 1.29 is 19.1 Å². The maximum absolute atomic E-state index is 11.6. The van der Waals surface area contributed by atoms with Gasteiger partial charge in [0.25, 0.3) is 0 Å². The molecule has 6 heteroatoms. The first kappa shape index (κ1) is 15.2. The van der Waals surface area contributed by atoms with Crippen molar-refractivity contribution in [3.8, 4) is 0 Å². The molecule has 106 valence electrons. The van der Waals surface area contributed by atoms with Crippen LogP contribution in [-0.2, 0) is 11.3 Å². The number of carboxylic acids is 1. The highest BCUT2D eigenvalue weighted by atomic mass is 16.4. The summed E-state index contributed by atoms with van der Waals surface area (Å²) in [5.41, 5.74) is 0.153. The molecule has 19 heavy (non-hydrogen) atoms. The van der Waals surface area contributed by atoms with Gasteiger partial charge in [-0.05, 0) is 26.3 Å². The first-order valence-electron chi connectivity index (χ1n) is 6.29. The molecular formula is C13H20N2O4. The second-order valence-corrected chi connectivity index (χ2v) is 4.38. The third-order valence-electron chi connectivity index (χ3n) is 2.72. The van der Waals surface area contributed by atoms with Gasteiger partial charge in [0.15, 0.2) is 0 Å². The molecule has 1 aromatic rings. The summed E-state index contributed by atoms with van der Waals surface area (Å²) in [6, 6.07) is 1.12. The van der Waals surface area contributed by atoms with Crippen molar-refractivity contribution in [2.75, 3.05) is 6.54 Å². The van der Waals surface area contributed by atoms with Gasteiger partial charge in [-0.2, -0.15) is 0 Å². The summed E-state index contributed by atoms with van der Waals surface area (Å²) in [4.78, 5) is 22.5. The summed E-state index contributed by atoms with van der Waals surface area (Å²) in [7, 11) is 0. The van der Waals surface area contributed by atoms with Gasteiger partial charge in [0.2, 0.25) is 5.91 Å². The Labute approximate surface area is 112 Å². The van der Waals surface area contributed by atoms with Crippen LogP contribution < -0.4 is 10.6 Å². The first-order chi connectivity index (χ1) is 8.95. The van der Waals surface area contributed by atoms with Crippen LogP contribution in [0.5, 0.6) is 0 Å². The highest BCUT2D eigenvalue weighted by molar-refractivity contribution is 5.88. The molecule has 1 rings (SSSR count). The van der Waals surface area contributed by atoms with Crippen molar-refractivity contribution in [1.29, 1.82) is 0 Å². The highest BCUT2D eigenvalue weighted by Crippen LogP contribution is 2.14. The van der Waals surface area contributed by atoms with E-state index in [2.05, 4.69) is 10.6 Å². The Kier molecular flexibility index (Phi) is 5.57. The molecule has 0 bridgehead atoms. The Bertz CT molecular complexity index is 453. The third kappa shape index (κ3) is 4.40. The average Bonchev–Trinajstić information content (AvgIpc) is 2.74. The summed E-state index contributed by atoms with van der Waals surface area (Å²) in [6.07, 6.45) is 0.887. The SMILES string of the molecule is CCCNC(=O)C(C)NCc1cc(C(=O)O)c(C)o1. The summed E-state index contributed by atoms with van der Waals surface area (Å²) in [5, 5.41) is 14.7. The standard InChI is InChI=1S/C13H20N2O4/c1-4-5-14-12(16)8(2)15-7-10-6-11(13(17)18)9(3)19-10/h6,8,15H,4-5,7H2,1-3H3,(H,14,16)(H,17,18). The maximum Gasteiger partial charge on any atom is 0.339 e. The molecule has 1 aromatic heterocycles. The number of carbonyl (C=O) groups is 2. The molecule has 6 nitrogen and oxygen atoms in total. The van der Waals surface area contributed by atoms with Crippen LogP contribution in [0.4, 0.5) is 0 Å². The van der Waals surface area contributed by atoms with Crippen molar-refractivity contribution >= 4 is 11.9 Å². The summed E-state index contributed by atoms with van der Waals surface area (Å²) in [5.74, 6) is -0.220. The number of furan rings is 1. The molecule has 1 heterocycles. The maximum atomic E-state index is 11.6. The van der Waals surface area contributed by atoms with Gasteiger partial charge in [-0.25, -0.2) is 4.79 Å². The Morgan fingerprint density at radius 1 is 1.47 bits per heavy atom. The van der Waals surface area contributed by atoms with E-state index in [9.17, 15) is 9.59 Å². The zero-order chi connectivity index (χ0) is 14.4. The third-order valence-corrected chi connectivity index (χ3v) is 2.72. The Morgan fingerprint density at radius 3 is 2.68 bits per heavy atom. The normalized spacial score (nSPS) is 12.2. The molecule has 0 radical (unpaired) electrons. The van der Waals surface area contributed by atoms with E-state index in [1.165, 1.54) is 6.07 Å². The fraction of sp³-hybridized carbons (Fsp3) is 0.538. The van der Waals surface area contributed by atoms with Gasteiger partial charge in [0.1, 0.15) is 17.1 Å². The lowest BCUT2D eigenvalue weighted by Gasteiger charge is -2.12. The van der Waals surface area contributed by atoms with Crippen LogP contribution in [0.15, 0.2) is 10.5 Å². The van der Waals surface area contributed by atoms with Gasteiger partial charge in [-0.3, -0.25) is 10.1 Å². The van der Waals surface area contributed by atoms with Crippen LogP contribution in [0.25, 0.3) is 0 Å². The van der Waals surface area contributed by atoms with Gasteiger partial charge < -0.3 is 14.8 Å². The molecule has 0 aromatic carbocycles. The zero-order valence-electron chi connectivity index (χ0n) is 11.4. The quantitative estimate of drug-likeness (QED) is 0.693. The number of hydrogen-bond acceptors (Lipinski definition) is 4. The molecule has 0 aliphatic carbocycles. The lowest BCUT2D eigenvalue weighted by molar-refractivity contribution is -0.122. The Hall–Kier alpha value is -1.82. The van der Waals surface area contributed by atoms with E-state index in [4.69, 9.17) is 9.52 Å². The second kappa shape index (κ2) is 6.94. The number of hydrogen-bond donors (Lipinski definition) is 3. The van der Waals surface area contributed by atoms with Crippen molar-refractivity contribution in [3.63, 3.8) is 0 Å². The Balaban J connectivity index is 2.50. The van der Waals surface area contributed by atoms with E-state index in [-0.39, 0.29) is 17.5 Å². The molecule has 1 unspecified atom stereocenters. The largest absolute Gasteiger partial charge is 0.478 e. The smallest absolute Gasteiger partial charge is 0.339 e. The predicted octanol–water partition coefficient (Wildman–Crippen LogP) is 1.29. The van der Waals surface area contributed by atoms with Gasteiger partial charge in [0, 0.05) is 6.54 Å². The number of aryl methyl sites for hydroxylation is 1. The monoisotopic (exact) mass is 268 g/mol. The fourth-order valence-electron chi connectivity index (χ4n) is 1.59. The molecule has 1 amide bonds. The number of aromatic carboxylic acids is 1. The van der Waals surface area contributed by atoms with Crippen LogP contribution in [0.3, 0.4) is 0 Å². The molecule has 3 N–H and O–H groups in total. The first-order valence-corrected chi connectivity index (χ1v) is 6.29. The number of carboxylic acid groups (broad SMARTS) is 1. The van der Waals surface area contributed by atoms with Gasteiger partial charge in [0.05, 0.1) is 12.6 Å². The minimum absolute atomic E-state index is 0.0800. The van der Waals surface area contributed by atoms with Crippen molar-refractivity contribution in [1.82, 2.24) is 10.6 Å². The molecule has 0 saturated carbocycles. The lowest BCUT2D eigenvalue weighted by Crippen LogP contribution is -2.42. The van der Waals surface area contributed by atoms with Gasteiger partial charge in [-0.1, -0.05) is 6.92 Å². The molecule has 0 spiro atoms. The van der Waals surface area contributed by atoms with Crippen molar-refractivity contribution in [2.24, 2.45) is 0 Å². The molecular weight excluding hydrogens is 248 g/mol. The predicted molar refractivity (Wildman–Crippen MR) is 70.0 cm³/mol. The van der Waals surface area contributed by atoms with E-state index in [1.807, 2.05) is 6.92 Å². The fourth-order valence-corrected chi connectivity index (χ4v) is 1.59. The number of nitrogens with one attached hydrogen (secondary N) is 2. The topological polar surface area (TPSA) is 91.6 Å². The van der Waals surface area contributed by atoms with E-state index < -0.39 is 5.97 Å². The minimum atomic E-state index is -1.01. The lowest BCUT2D eigenvalue weighted by atomic mass is 10.2. The van der Waals surface area contributed by atoms with E-state index in [0.29, 0.717) is 24.6 Å². The number of amides is 1. The van der Waals surface area contributed by atoms with E-state index in [1.54, 1.807) is 13.8 Å². The second-order valence-electron chi connectivity index (χ2n) is 4.38. The molecule has 0 aliphatic heterocycles. The van der Waals surface area contributed by atoms with E-state index >= 15 is 0 Å². The van der Waals surface area contributed by atoms with Crippen LogP contribution in [-0.4, -0.2) is 29.6 Å². The van der Waals surface area contributed by atoms with Crippen LogP contribution >= 0.6 is 0 Å². The number of carbonyl (C=O) groups excluding carboxylic acids is 1. The molecule has 0 aliphatic rings. The summed E-state index contributed by atoms with van der Waals surface area (Å²) >= 11 is 0. The Morgan fingerprint density at radius 2 is 2.16 bits per heavy atom. The molecule has 1 atom stereocenters. The molecule has 0 saturated heterocycles. The van der Waals surface area contributed by atoms with Crippen LogP contribution in [0, 0.1) is 6.92 Å². The highest BCUT2D eigenvalue weighted by Gasteiger charge is 2.16. The van der Waals surface area contributed by atoms with Crippen molar-refractivity contribution in [2.45, 2.75) is 39.8 Å². The minimum Gasteiger partial charge on any atom is -0.478 e. The van der Waals surface area contributed by atoms with Gasteiger partial charge >= 0.3 is 5.97 Å².